The highest BCUT2D eigenvalue weighted by Gasteiger charge is 2.10. The molecule has 0 radical (unpaired) electrons. The number of H-pyrrole nitrogens is 1. The van der Waals surface area contributed by atoms with Gasteiger partial charge in [0.25, 0.3) is 0 Å². The number of pyridine rings is 2. The molecule has 1 amide bonds. The second-order valence-corrected chi connectivity index (χ2v) is 5.81. The van der Waals surface area contributed by atoms with Crippen LogP contribution < -0.4 is 5.32 Å². The molecule has 4 rings (SSSR count). The third-order valence-electron chi connectivity index (χ3n) is 4.12. The second kappa shape index (κ2) is 6.64. The Morgan fingerprint density at radius 3 is 2.81 bits per heavy atom. The summed E-state index contributed by atoms with van der Waals surface area (Å²) in [7, 11) is 0. The number of aromatic amines is 1. The van der Waals surface area contributed by atoms with Crippen molar-refractivity contribution in [3.8, 4) is 22.4 Å². The lowest BCUT2D eigenvalue weighted by atomic mass is 10.0. The molecule has 0 saturated carbocycles. The van der Waals surface area contributed by atoms with Crippen molar-refractivity contribution in [1.29, 1.82) is 0 Å². The smallest absolute Gasteiger partial charge is 0.247 e. The molecule has 3 aromatic heterocycles. The fourth-order valence-electron chi connectivity index (χ4n) is 2.87. The predicted octanol–water partition coefficient (Wildman–Crippen LogP) is 4.42. The molecule has 0 spiro atoms. The number of hydrogen-bond donors (Lipinski definition) is 2. The summed E-state index contributed by atoms with van der Waals surface area (Å²) in [6.07, 6.45) is 6.76. The zero-order valence-electron chi connectivity index (χ0n) is 13.9. The van der Waals surface area contributed by atoms with E-state index in [9.17, 15) is 4.79 Å². The van der Waals surface area contributed by atoms with Gasteiger partial charge in [-0.15, -0.1) is 0 Å². The minimum Gasteiger partial charge on any atom is -0.345 e. The van der Waals surface area contributed by atoms with Gasteiger partial charge in [0.1, 0.15) is 5.65 Å². The van der Waals surface area contributed by atoms with Gasteiger partial charge in [0, 0.05) is 40.8 Å². The number of nitrogens with zero attached hydrogens (tertiary/aromatic N) is 2. The van der Waals surface area contributed by atoms with Crippen molar-refractivity contribution in [3.63, 3.8) is 0 Å². The van der Waals surface area contributed by atoms with Crippen molar-refractivity contribution < 1.29 is 4.79 Å². The first-order valence-corrected chi connectivity index (χ1v) is 8.17. The highest BCUT2D eigenvalue weighted by Crippen LogP contribution is 2.30. The number of carbonyl (C=O) groups excluding carboxylic acids is 1. The quantitative estimate of drug-likeness (QED) is 0.540. The molecule has 126 valence electrons. The molecule has 4 aromatic rings. The Morgan fingerprint density at radius 1 is 1.08 bits per heavy atom. The standard InChI is InChI=1S/C21H16N4O/c1-2-20(26)25-16-7-5-6-14(10-16)15-11-17-18(13-24-21(17)23-12-15)19-8-3-4-9-22-19/h2-13H,1H2,(H,23,24)(H,25,26). The van der Waals surface area contributed by atoms with Crippen molar-refractivity contribution >= 4 is 22.6 Å². The zero-order valence-corrected chi connectivity index (χ0v) is 13.9. The van der Waals surface area contributed by atoms with E-state index in [4.69, 9.17) is 0 Å². The highest BCUT2D eigenvalue weighted by molar-refractivity contribution is 5.99. The largest absolute Gasteiger partial charge is 0.345 e. The van der Waals surface area contributed by atoms with Crippen molar-refractivity contribution in [2.24, 2.45) is 0 Å². The normalized spacial score (nSPS) is 10.6. The molecular weight excluding hydrogens is 324 g/mol. The Bertz CT molecular complexity index is 1100. The number of benzene rings is 1. The van der Waals surface area contributed by atoms with Crippen LogP contribution >= 0.6 is 0 Å². The second-order valence-electron chi connectivity index (χ2n) is 5.81. The van der Waals surface area contributed by atoms with Gasteiger partial charge in [-0.1, -0.05) is 24.8 Å². The lowest BCUT2D eigenvalue weighted by Crippen LogP contribution is -2.06. The van der Waals surface area contributed by atoms with Gasteiger partial charge in [-0.25, -0.2) is 4.98 Å². The Balaban J connectivity index is 1.77. The van der Waals surface area contributed by atoms with E-state index in [1.54, 1.807) is 6.20 Å². The predicted molar refractivity (Wildman–Crippen MR) is 104 cm³/mol. The first kappa shape index (κ1) is 15.8. The van der Waals surface area contributed by atoms with Gasteiger partial charge >= 0.3 is 0 Å². The summed E-state index contributed by atoms with van der Waals surface area (Å²) in [5.41, 5.74) is 5.35. The summed E-state index contributed by atoms with van der Waals surface area (Å²) < 4.78 is 0. The molecule has 0 bridgehead atoms. The average Bonchev–Trinajstić information content (AvgIpc) is 3.12. The van der Waals surface area contributed by atoms with Crippen molar-refractivity contribution in [2.75, 3.05) is 5.32 Å². The van der Waals surface area contributed by atoms with E-state index in [0.29, 0.717) is 5.69 Å². The lowest BCUT2D eigenvalue weighted by Gasteiger charge is -2.07. The highest BCUT2D eigenvalue weighted by atomic mass is 16.1. The van der Waals surface area contributed by atoms with Crippen LogP contribution in [-0.2, 0) is 4.79 Å². The van der Waals surface area contributed by atoms with Crippen LogP contribution in [0.15, 0.2) is 79.8 Å². The molecule has 2 N–H and O–H groups in total. The van der Waals surface area contributed by atoms with Crippen LogP contribution in [0.1, 0.15) is 0 Å². The molecule has 1 aromatic carbocycles. The van der Waals surface area contributed by atoms with Gasteiger partial charge in [-0.2, -0.15) is 0 Å². The number of nitrogens with one attached hydrogen (secondary N) is 2. The van der Waals surface area contributed by atoms with Gasteiger partial charge in [0.15, 0.2) is 0 Å². The molecule has 3 heterocycles. The van der Waals surface area contributed by atoms with Gasteiger partial charge in [-0.05, 0) is 42.0 Å². The molecule has 0 aliphatic rings. The van der Waals surface area contributed by atoms with E-state index in [1.165, 1.54) is 6.08 Å². The van der Waals surface area contributed by atoms with Crippen LogP contribution in [0.5, 0.6) is 0 Å². The average molecular weight is 340 g/mol. The number of amides is 1. The number of anilines is 1. The van der Waals surface area contributed by atoms with E-state index < -0.39 is 0 Å². The molecule has 0 aliphatic heterocycles. The molecule has 0 unspecified atom stereocenters. The van der Waals surface area contributed by atoms with Gasteiger partial charge in [0.2, 0.25) is 5.91 Å². The Labute approximate surface area is 150 Å². The fourth-order valence-corrected chi connectivity index (χ4v) is 2.87. The van der Waals surface area contributed by atoms with E-state index in [1.807, 2.05) is 54.9 Å². The third kappa shape index (κ3) is 2.98. The van der Waals surface area contributed by atoms with E-state index in [-0.39, 0.29) is 5.91 Å². The van der Waals surface area contributed by atoms with Gasteiger partial charge < -0.3 is 10.3 Å². The Morgan fingerprint density at radius 2 is 2.00 bits per heavy atom. The van der Waals surface area contributed by atoms with Crippen molar-refractivity contribution in [1.82, 2.24) is 15.0 Å². The minimum atomic E-state index is -0.237. The first-order valence-electron chi connectivity index (χ1n) is 8.17. The summed E-state index contributed by atoms with van der Waals surface area (Å²) >= 11 is 0. The molecule has 0 fully saturated rings. The van der Waals surface area contributed by atoms with Crippen LogP contribution in [0, 0.1) is 0 Å². The van der Waals surface area contributed by atoms with Crippen molar-refractivity contribution in [2.45, 2.75) is 0 Å². The molecule has 5 heteroatoms. The number of carbonyl (C=O) groups is 1. The van der Waals surface area contributed by atoms with Crippen LogP contribution in [0.3, 0.4) is 0 Å². The van der Waals surface area contributed by atoms with E-state index >= 15 is 0 Å². The maximum atomic E-state index is 11.5. The van der Waals surface area contributed by atoms with Gasteiger partial charge in [-0.3, -0.25) is 9.78 Å². The SMILES string of the molecule is C=CC(=O)Nc1cccc(-c2cnc3[nH]cc(-c4ccccn4)c3c2)c1. The van der Waals surface area contributed by atoms with Gasteiger partial charge in [0.05, 0.1) is 5.69 Å². The maximum absolute atomic E-state index is 11.5. The molecule has 0 saturated heterocycles. The van der Waals surface area contributed by atoms with E-state index in [0.717, 1.165) is 33.4 Å². The third-order valence-corrected chi connectivity index (χ3v) is 4.12. The van der Waals surface area contributed by atoms with Crippen LogP contribution in [0.2, 0.25) is 0 Å². The molecular formula is C21H16N4O. The summed E-state index contributed by atoms with van der Waals surface area (Å²) in [6, 6.07) is 15.5. The Hall–Kier alpha value is -3.73. The minimum absolute atomic E-state index is 0.237. The number of rotatable bonds is 4. The summed E-state index contributed by atoms with van der Waals surface area (Å²) in [4.78, 5) is 23.7. The maximum Gasteiger partial charge on any atom is 0.247 e. The van der Waals surface area contributed by atoms with E-state index in [2.05, 4.69) is 32.9 Å². The molecule has 0 aliphatic carbocycles. The molecule has 0 atom stereocenters. The lowest BCUT2D eigenvalue weighted by molar-refractivity contribution is -0.111. The topological polar surface area (TPSA) is 70.7 Å². The molecule has 26 heavy (non-hydrogen) atoms. The molecule has 5 nitrogen and oxygen atoms in total. The van der Waals surface area contributed by atoms with Crippen LogP contribution in [-0.4, -0.2) is 20.9 Å². The summed E-state index contributed by atoms with van der Waals surface area (Å²) in [5.74, 6) is -0.237. The number of aromatic nitrogens is 3. The van der Waals surface area contributed by atoms with Crippen molar-refractivity contribution in [3.05, 3.63) is 79.8 Å². The Kier molecular flexibility index (Phi) is 4.03. The van der Waals surface area contributed by atoms with Crippen LogP contribution in [0.4, 0.5) is 5.69 Å². The number of fused-ring (bicyclic) bond motifs is 1. The summed E-state index contributed by atoms with van der Waals surface area (Å²) in [6.45, 7) is 3.47. The van der Waals surface area contributed by atoms with Crippen LogP contribution in [0.25, 0.3) is 33.4 Å². The fraction of sp³-hybridized carbons (Fsp3) is 0. The zero-order chi connectivity index (χ0) is 17.9. The summed E-state index contributed by atoms with van der Waals surface area (Å²) in [5, 5.41) is 3.78. The number of hydrogen-bond acceptors (Lipinski definition) is 3. The first-order chi connectivity index (χ1) is 12.7. The monoisotopic (exact) mass is 340 g/mol.